The fourth-order valence-corrected chi connectivity index (χ4v) is 4.61. The van der Waals surface area contributed by atoms with Gasteiger partial charge in [-0.05, 0) is 59.8 Å². The summed E-state index contributed by atoms with van der Waals surface area (Å²) >= 11 is 0. The summed E-state index contributed by atoms with van der Waals surface area (Å²) in [7, 11) is 0. The van der Waals surface area contributed by atoms with E-state index in [4.69, 9.17) is 15.6 Å². The fraction of sp³-hybridized carbons (Fsp3) is 0.310. The lowest BCUT2D eigenvalue weighted by molar-refractivity contribution is 0.306. The molecule has 2 N–H and O–H groups in total. The Morgan fingerprint density at radius 3 is 2.34 bits per heavy atom. The predicted octanol–water partition coefficient (Wildman–Crippen LogP) is 5.48. The smallest absolute Gasteiger partial charge is 0.135 e. The van der Waals surface area contributed by atoms with E-state index in [1.54, 1.807) is 0 Å². The predicted molar refractivity (Wildman–Crippen MR) is 142 cm³/mol. The van der Waals surface area contributed by atoms with Gasteiger partial charge in [0.25, 0.3) is 0 Å². The lowest BCUT2D eigenvalue weighted by atomic mass is 10.0. The first-order valence-electron chi connectivity index (χ1n) is 12.4. The third kappa shape index (κ3) is 4.93. The number of anilines is 1. The first-order chi connectivity index (χ1) is 17.1. The van der Waals surface area contributed by atoms with E-state index in [9.17, 15) is 0 Å². The molecule has 0 fully saturated rings. The van der Waals surface area contributed by atoms with Crippen molar-refractivity contribution in [1.29, 1.82) is 0 Å². The molecule has 35 heavy (non-hydrogen) atoms. The van der Waals surface area contributed by atoms with Gasteiger partial charge < -0.3 is 15.4 Å². The van der Waals surface area contributed by atoms with Crippen molar-refractivity contribution >= 4 is 5.82 Å². The van der Waals surface area contributed by atoms with Gasteiger partial charge in [-0.2, -0.15) is 5.10 Å². The van der Waals surface area contributed by atoms with E-state index >= 15 is 0 Å². The van der Waals surface area contributed by atoms with Crippen LogP contribution in [0, 0.1) is 0 Å². The normalized spacial score (nSPS) is 12.9. The third-order valence-corrected chi connectivity index (χ3v) is 6.59. The van der Waals surface area contributed by atoms with Crippen LogP contribution in [0.4, 0.5) is 5.82 Å². The lowest BCUT2D eigenvalue weighted by Crippen LogP contribution is -2.24. The largest absolute Gasteiger partial charge is 0.489 e. The second kappa shape index (κ2) is 10.3. The van der Waals surface area contributed by atoms with Crippen LogP contribution in [0.25, 0.3) is 22.4 Å². The number of hydrogen-bond acceptors (Lipinski definition) is 5. The summed E-state index contributed by atoms with van der Waals surface area (Å²) in [5.74, 6) is 2.56. The van der Waals surface area contributed by atoms with E-state index < -0.39 is 0 Å². The molecule has 2 aromatic carbocycles. The maximum Gasteiger partial charge on any atom is 0.135 e. The Morgan fingerprint density at radius 1 is 0.914 bits per heavy atom. The molecule has 5 rings (SSSR count). The van der Waals surface area contributed by atoms with Crippen LogP contribution in [-0.2, 0) is 13.2 Å². The topological polar surface area (TPSA) is 69.2 Å². The van der Waals surface area contributed by atoms with Crippen molar-refractivity contribution in [3.63, 3.8) is 0 Å². The summed E-state index contributed by atoms with van der Waals surface area (Å²) < 4.78 is 8.22. The van der Waals surface area contributed by atoms with Crippen LogP contribution < -0.4 is 15.4 Å². The maximum absolute atomic E-state index is 6.09. The number of hydrogen-bond donors (Lipinski definition) is 1. The number of benzene rings is 2. The van der Waals surface area contributed by atoms with Crippen molar-refractivity contribution in [2.75, 3.05) is 24.5 Å². The molecular formula is C29H33N5O. The van der Waals surface area contributed by atoms with Crippen LogP contribution in [0.2, 0.25) is 0 Å². The second-order valence-electron chi connectivity index (χ2n) is 9.34. The van der Waals surface area contributed by atoms with Gasteiger partial charge in [0, 0.05) is 31.0 Å². The Hall–Kier alpha value is -3.64. The maximum atomic E-state index is 6.09. The molecule has 6 heteroatoms. The highest BCUT2D eigenvalue weighted by Gasteiger charge is 2.28. The van der Waals surface area contributed by atoms with Crippen LogP contribution in [0.1, 0.15) is 37.3 Å². The van der Waals surface area contributed by atoms with E-state index in [1.165, 1.54) is 16.9 Å². The molecule has 0 saturated heterocycles. The fourth-order valence-electron chi connectivity index (χ4n) is 4.61. The van der Waals surface area contributed by atoms with Crippen molar-refractivity contribution in [3.8, 4) is 28.1 Å². The molecule has 2 aromatic heterocycles. The Bertz CT molecular complexity index is 1250. The standard InChI is InChI=1S/C29H33N5O/c1-21(2)23-6-4-22(5-7-23)20-35-26-10-8-24(9-11-26)27-28(25-12-15-31-16-13-25)32-34-19-18-33(29(27)34)17-3-14-30/h4-13,15-16,21H,3,14,17-20,30H2,1-2H3. The number of pyridine rings is 1. The van der Waals surface area contributed by atoms with Crippen molar-refractivity contribution in [2.24, 2.45) is 5.73 Å². The van der Waals surface area contributed by atoms with Crippen LogP contribution in [0.5, 0.6) is 5.75 Å². The van der Waals surface area contributed by atoms with Gasteiger partial charge >= 0.3 is 0 Å². The summed E-state index contributed by atoms with van der Waals surface area (Å²) in [5, 5.41) is 5.00. The molecule has 0 atom stereocenters. The first kappa shape index (κ1) is 23.1. The first-order valence-corrected chi connectivity index (χ1v) is 12.4. The van der Waals surface area contributed by atoms with Gasteiger partial charge in [-0.15, -0.1) is 0 Å². The number of nitrogens with two attached hydrogens (primary N) is 1. The molecule has 0 bridgehead atoms. The zero-order valence-corrected chi connectivity index (χ0v) is 20.5. The summed E-state index contributed by atoms with van der Waals surface area (Å²) in [6, 6.07) is 21.1. The highest BCUT2D eigenvalue weighted by molar-refractivity contribution is 5.90. The average Bonchev–Trinajstić information content (AvgIpc) is 3.47. The third-order valence-electron chi connectivity index (χ3n) is 6.59. The van der Waals surface area contributed by atoms with E-state index in [2.05, 4.69) is 76.9 Å². The number of ether oxygens (including phenoxy) is 1. The Morgan fingerprint density at radius 2 is 1.66 bits per heavy atom. The molecular weight excluding hydrogens is 434 g/mol. The molecule has 180 valence electrons. The molecule has 0 unspecified atom stereocenters. The number of aromatic nitrogens is 3. The second-order valence-corrected chi connectivity index (χ2v) is 9.34. The molecule has 0 saturated carbocycles. The van der Waals surface area contributed by atoms with Crippen LogP contribution in [0.3, 0.4) is 0 Å². The van der Waals surface area contributed by atoms with E-state index in [1.807, 2.05) is 24.5 Å². The minimum absolute atomic E-state index is 0.533. The van der Waals surface area contributed by atoms with Gasteiger partial charge in [0.05, 0.1) is 12.1 Å². The quantitative estimate of drug-likeness (QED) is 0.353. The number of fused-ring (bicyclic) bond motifs is 1. The summed E-state index contributed by atoms with van der Waals surface area (Å²) in [6.45, 7) is 8.43. The van der Waals surface area contributed by atoms with Crippen molar-refractivity contribution < 1.29 is 4.74 Å². The van der Waals surface area contributed by atoms with Gasteiger partial charge in [-0.25, -0.2) is 4.68 Å². The highest BCUT2D eigenvalue weighted by atomic mass is 16.5. The number of rotatable bonds is 9. The molecule has 0 aliphatic carbocycles. The van der Waals surface area contributed by atoms with Gasteiger partial charge in [0.15, 0.2) is 0 Å². The van der Waals surface area contributed by atoms with Gasteiger partial charge in [0.2, 0.25) is 0 Å². The molecule has 0 spiro atoms. The van der Waals surface area contributed by atoms with Crippen LogP contribution in [0.15, 0.2) is 73.1 Å². The van der Waals surface area contributed by atoms with Crippen molar-refractivity contribution in [1.82, 2.24) is 14.8 Å². The molecule has 0 amide bonds. The SMILES string of the molecule is CC(C)c1ccc(COc2ccc(-c3c(-c4ccncc4)nn4c3N(CCCN)CC4)cc2)cc1. The minimum atomic E-state index is 0.533. The Balaban J connectivity index is 1.41. The zero-order chi connectivity index (χ0) is 24.2. The van der Waals surface area contributed by atoms with Crippen molar-refractivity contribution in [2.45, 2.75) is 39.3 Å². The van der Waals surface area contributed by atoms with Gasteiger partial charge in [0.1, 0.15) is 23.9 Å². The average molecular weight is 468 g/mol. The number of nitrogens with zero attached hydrogens (tertiary/aromatic N) is 4. The van der Waals surface area contributed by atoms with E-state index in [0.717, 1.165) is 54.2 Å². The molecule has 4 aromatic rings. The van der Waals surface area contributed by atoms with Gasteiger partial charge in [-0.1, -0.05) is 50.2 Å². The van der Waals surface area contributed by atoms with E-state index in [0.29, 0.717) is 19.1 Å². The van der Waals surface area contributed by atoms with Gasteiger partial charge in [-0.3, -0.25) is 4.98 Å². The summed E-state index contributed by atoms with van der Waals surface area (Å²) in [5.41, 5.74) is 12.7. The molecule has 1 aliphatic heterocycles. The summed E-state index contributed by atoms with van der Waals surface area (Å²) in [4.78, 5) is 6.59. The minimum Gasteiger partial charge on any atom is -0.489 e. The lowest BCUT2D eigenvalue weighted by Gasteiger charge is -2.19. The highest BCUT2D eigenvalue weighted by Crippen LogP contribution is 2.42. The Kier molecular flexibility index (Phi) is 6.82. The van der Waals surface area contributed by atoms with Crippen molar-refractivity contribution in [3.05, 3.63) is 84.2 Å². The molecule has 6 nitrogen and oxygen atoms in total. The molecule has 0 radical (unpaired) electrons. The van der Waals surface area contributed by atoms with Crippen LogP contribution >= 0.6 is 0 Å². The monoisotopic (exact) mass is 467 g/mol. The molecule has 1 aliphatic rings. The van der Waals surface area contributed by atoms with E-state index in [-0.39, 0.29) is 0 Å². The Labute approximate surface area is 207 Å². The molecule has 3 heterocycles. The summed E-state index contributed by atoms with van der Waals surface area (Å²) in [6.07, 6.45) is 4.60. The zero-order valence-electron chi connectivity index (χ0n) is 20.5. The van der Waals surface area contributed by atoms with Crippen LogP contribution in [-0.4, -0.2) is 34.4 Å².